The highest BCUT2D eigenvalue weighted by molar-refractivity contribution is 5.97. The maximum atomic E-state index is 13.0. The molecule has 4 heterocycles. The summed E-state index contributed by atoms with van der Waals surface area (Å²) in [4.78, 5) is 28.1. The minimum absolute atomic E-state index is 0.0579. The van der Waals surface area contributed by atoms with Crippen LogP contribution in [0.1, 0.15) is 29.9 Å². The number of carbonyl (C=O) groups excluding carboxylic acids is 1. The van der Waals surface area contributed by atoms with Crippen LogP contribution in [0.3, 0.4) is 0 Å². The zero-order valence-corrected chi connectivity index (χ0v) is 19.3. The average Bonchev–Trinajstić information content (AvgIpc) is 3.18. The van der Waals surface area contributed by atoms with Gasteiger partial charge in [-0.05, 0) is 32.0 Å². The van der Waals surface area contributed by atoms with Crippen molar-refractivity contribution >= 4 is 22.6 Å². The molecule has 5 rings (SSSR count). The number of rotatable bonds is 5. The van der Waals surface area contributed by atoms with Crippen LogP contribution in [0, 0.1) is 0 Å². The van der Waals surface area contributed by atoms with Crippen LogP contribution < -0.4 is 10.6 Å². The largest absolute Gasteiger partial charge is 0.434 e. The van der Waals surface area contributed by atoms with E-state index in [-0.39, 0.29) is 24.9 Å². The Bertz CT molecular complexity index is 1270. The Balaban J connectivity index is 1.27. The number of benzene rings is 1. The second kappa shape index (κ2) is 9.22. The predicted molar refractivity (Wildman–Crippen MR) is 120 cm³/mol. The highest BCUT2D eigenvalue weighted by Crippen LogP contribution is 2.36. The van der Waals surface area contributed by atoms with E-state index >= 15 is 0 Å². The molecule has 0 spiro atoms. The summed E-state index contributed by atoms with van der Waals surface area (Å²) in [5, 5.41) is 6.52. The van der Waals surface area contributed by atoms with Crippen LogP contribution in [-0.4, -0.2) is 69.1 Å². The van der Waals surface area contributed by atoms with E-state index in [2.05, 4.69) is 30.6 Å². The summed E-state index contributed by atoms with van der Waals surface area (Å²) >= 11 is 0. The van der Waals surface area contributed by atoms with E-state index in [0.29, 0.717) is 11.8 Å². The molecule has 2 aliphatic heterocycles. The first-order valence-corrected chi connectivity index (χ1v) is 11.2. The number of nitrogens with zero attached hydrogens (tertiary/aromatic N) is 4. The zero-order chi connectivity index (χ0) is 25.5. The quantitative estimate of drug-likeness (QED) is 0.540. The number of fused-ring (bicyclic) bond motifs is 2. The van der Waals surface area contributed by atoms with Gasteiger partial charge in [0.25, 0.3) is 5.91 Å². The van der Waals surface area contributed by atoms with Crippen LogP contribution in [0.15, 0.2) is 43.1 Å². The molecule has 0 bridgehead atoms. The first kappa shape index (κ1) is 24.3. The molecule has 0 aliphatic carbocycles. The Kier molecular flexibility index (Phi) is 6.22. The van der Waals surface area contributed by atoms with Crippen LogP contribution in [0.2, 0.25) is 0 Å². The molecule has 0 radical (unpaired) electrons. The smallest absolute Gasteiger partial charge is 0.371 e. The van der Waals surface area contributed by atoms with Crippen molar-refractivity contribution in [3.63, 3.8) is 0 Å². The molecule has 13 heteroatoms. The molecule has 0 saturated carbocycles. The van der Waals surface area contributed by atoms with Crippen molar-refractivity contribution in [2.45, 2.75) is 50.2 Å². The molecule has 4 atom stereocenters. The zero-order valence-electron chi connectivity index (χ0n) is 19.3. The van der Waals surface area contributed by atoms with Crippen molar-refractivity contribution in [3.05, 3.63) is 54.4 Å². The molecule has 0 unspecified atom stereocenters. The van der Waals surface area contributed by atoms with Crippen molar-refractivity contribution in [1.82, 2.24) is 25.3 Å². The summed E-state index contributed by atoms with van der Waals surface area (Å²) in [5.41, 5.74) is 0.0597. The van der Waals surface area contributed by atoms with E-state index < -0.39 is 42.0 Å². The first-order chi connectivity index (χ1) is 17.1. The van der Waals surface area contributed by atoms with Crippen LogP contribution >= 0.6 is 0 Å². The number of nitrogens with one attached hydrogen (secondary N) is 2. The van der Waals surface area contributed by atoms with Gasteiger partial charge in [0.15, 0.2) is 11.5 Å². The molecule has 3 aromatic rings. The molecule has 2 aromatic heterocycles. The fraction of sp³-hybridized carbons (Fsp3) is 0.435. The van der Waals surface area contributed by atoms with Crippen molar-refractivity contribution in [1.29, 1.82) is 0 Å². The maximum Gasteiger partial charge on any atom is 0.434 e. The van der Waals surface area contributed by atoms with Crippen molar-refractivity contribution in [3.8, 4) is 0 Å². The van der Waals surface area contributed by atoms with Crippen molar-refractivity contribution in [2.75, 3.05) is 18.5 Å². The lowest BCUT2D eigenvalue weighted by molar-refractivity contribution is -0.153. The molecule has 36 heavy (non-hydrogen) atoms. The predicted octanol–water partition coefficient (Wildman–Crippen LogP) is 2.57. The monoisotopic (exact) mass is 504 g/mol. The van der Waals surface area contributed by atoms with Gasteiger partial charge in [-0.15, -0.1) is 0 Å². The minimum Gasteiger partial charge on any atom is -0.371 e. The Morgan fingerprint density at radius 3 is 2.75 bits per heavy atom. The van der Waals surface area contributed by atoms with Crippen LogP contribution in [0.25, 0.3) is 10.9 Å². The van der Waals surface area contributed by atoms with Gasteiger partial charge in [0.1, 0.15) is 30.5 Å². The number of aromatic nitrogens is 4. The molecule has 1 amide bonds. The summed E-state index contributed by atoms with van der Waals surface area (Å²) in [6.45, 7) is 3.70. The highest BCUT2D eigenvalue weighted by atomic mass is 19.4. The lowest BCUT2D eigenvalue weighted by atomic mass is 9.98. The second-order valence-corrected chi connectivity index (χ2v) is 8.98. The van der Waals surface area contributed by atoms with E-state index in [0.717, 1.165) is 10.9 Å². The van der Waals surface area contributed by atoms with Gasteiger partial charge in [0, 0.05) is 23.7 Å². The Labute approximate surface area is 203 Å². The number of hydrogen-bond acceptors (Lipinski definition) is 9. The third-order valence-corrected chi connectivity index (χ3v) is 5.91. The van der Waals surface area contributed by atoms with Gasteiger partial charge in [-0.1, -0.05) is 0 Å². The molecule has 190 valence electrons. The van der Waals surface area contributed by atoms with E-state index in [4.69, 9.17) is 14.2 Å². The number of carbonyl (C=O) groups is 1. The summed E-state index contributed by atoms with van der Waals surface area (Å²) in [6.07, 6.45) is -1.40. The molecular formula is C23H23F3N6O4. The van der Waals surface area contributed by atoms with Gasteiger partial charge in [0.05, 0.1) is 30.6 Å². The molecule has 2 aliphatic rings. The molecule has 10 nitrogen and oxygen atoms in total. The van der Waals surface area contributed by atoms with Gasteiger partial charge in [-0.25, -0.2) is 15.0 Å². The fourth-order valence-corrected chi connectivity index (χ4v) is 4.32. The summed E-state index contributed by atoms with van der Waals surface area (Å²) in [6, 6.07) is 4.55. The van der Waals surface area contributed by atoms with Crippen molar-refractivity contribution < 1.29 is 32.2 Å². The van der Waals surface area contributed by atoms with E-state index in [1.807, 2.05) is 0 Å². The number of alkyl halides is 3. The Morgan fingerprint density at radius 2 is 1.94 bits per heavy atom. The number of amides is 1. The Morgan fingerprint density at radius 1 is 1.14 bits per heavy atom. The van der Waals surface area contributed by atoms with Gasteiger partial charge in [-0.2, -0.15) is 13.2 Å². The second-order valence-electron chi connectivity index (χ2n) is 8.98. The minimum atomic E-state index is -4.62. The average molecular weight is 504 g/mol. The SMILES string of the molecule is CC1(C)O[C@@H]2[C@H](O1)[C@@H](Nc1cncc(C(F)(F)F)n1)CO[C@@H]2CNC(=O)c1ccc2ncncc2c1. The van der Waals surface area contributed by atoms with Crippen LogP contribution in [-0.2, 0) is 20.4 Å². The molecular weight excluding hydrogens is 481 g/mol. The molecule has 1 aromatic carbocycles. The third-order valence-electron chi connectivity index (χ3n) is 5.91. The third kappa shape index (κ3) is 5.08. The number of anilines is 1. The topological polar surface area (TPSA) is 120 Å². The lowest BCUT2D eigenvalue weighted by Crippen LogP contribution is -2.57. The van der Waals surface area contributed by atoms with Crippen LogP contribution in [0.5, 0.6) is 0 Å². The molecule has 2 N–H and O–H groups in total. The summed E-state index contributed by atoms with van der Waals surface area (Å²) in [5.74, 6) is -1.32. The van der Waals surface area contributed by atoms with E-state index in [9.17, 15) is 18.0 Å². The lowest BCUT2D eigenvalue weighted by Gasteiger charge is -2.37. The first-order valence-electron chi connectivity index (χ1n) is 11.2. The fourth-order valence-electron chi connectivity index (χ4n) is 4.32. The summed E-state index contributed by atoms with van der Waals surface area (Å²) < 4.78 is 57.1. The van der Waals surface area contributed by atoms with Crippen molar-refractivity contribution in [2.24, 2.45) is 0 Å². The number of ether oxygens (including phenoxy) is 3. The van der Waals surface area contributed by atoms with Gasteiger partial charge >= 0.3 is 6.18 Å². The number of halogens is 3. The standard InChI is InChI=1S/C23H23F3N6O4/c1-22(2)35-19-15(31-18-9-27-8-17(32-18)23(24,25)26)10-34-16(20(19)36-22)7-29-21(33)12-3-4-14-13(5-12)6-28-11-30-14/h3-6,8-9,11,15-16,19-20H,7,10H2,1-2H3,(H,29,33)(H,31,32)/t15-,16+,19+,20-/m0/s1. The van der Waals surface area contributed by atoms with Gasteiger partial charge < -0.3 is 24.8 Å². The van der Waals surface area contributed by atoms with E-state index in [1.165, 1.54) is 12.5 Å². The Hall–Kier alpha value is -3.42. The summed E-state index contributed by atoms with van der Waals surface area (Å²) in [7, 11) is 0. The van der Waals surface area contributed by atoms with Crippen LogP contribution in [0.4, 0.5) is 19.0 Å². The normalized spacial score (nSPS) is 25.4. The molecule has 2 saturated heterocycles. The van der Waals surface area contributed by atoms with Gasteiger partial charge in [-0.3, -0.25) is 9.78 Å². The van der Waals surface area contributed by atoms with E-state index in [1.54, 1.807) is 38.2 Å². The molecule has 2 fully saturated rings. The highest BCUT2D eigenvalue weighted by Gasteiger charge is 2.52. The maximum absolute atomic E-state index is 13.0. The van der Waals surface area contributed by atoms with Gasteiger partial charge in [0.2, 0.25) is 0 Å². The number of hydrogen-bond donors (Lipinski definition) is 2.